The molecule has 0 fully saturated rings. The summed E-state index contributed by atoms with van der Waals surface area (Å²) in [5.41, 5.74) is 1.45. The van der Waals surface area contributed by atoms with Gasteiger partial charge in [-0.2, -0.15) is 5.10 Å². The minimum atomic E-state index is -0.446. The van der Waals surface area contributed by atoms with Crippen LogP contribution in [0, 0.1) is 5.82 Å². The second-order valence-corrected chi connectivity index (χ2v) is 3.69. The molecule has 0 aliphatic rings. The van der Waals surface area contributed by atoms with Crippen LogP contribution < -0.4 is 0 Å². The molecule has 0 bridgehead atoms. The third kappa shape index (κ3) is 2.21. The first kappa shape index (κ1) is 10.7. The first-order chi connectivity index (χ1) is 7.69. The van der Waals surface area contributed by atoms with Gasteiger partial charge < -0.3 is 5.11 Å². The summed E-state index contributed by atoms with van der Waals surface area (Å²) in [6.07, 6.45) is 4.51. The van der Waals surface area contributed by atoms with Crippen molar-refractivity contribution in [3.63, 3.8) is 0 Å². The van der Waals surface area contributed by atoms with Gasteiger partial charge in [-0.15, -0.1) is 0 Å². The zero-order chi connectivity index (χ0) is 11.5. The highest BCUT2D eigenvalue weighted by Gasteiger charge is 2.04. The summed E-state index contributed by atoms with van der Waals surface area (Å²) in [7, 11) is 0. The molecule has 4 heteroatoms. The molecule has 2 rings (SSSR count). The zero-order valence-electron chi connectivity index (χ0n) is 9.02. The minimum Gasteiger partial charge on any atom is -0.508 e. The van der Waals surface area contributed by atoms with Gasteiger partial charge in [0.1, 0.15) is 11.6 Å². The Labute approximate surface area is 93.2 Å². The number of aromatic nitrogens is 2. The summed E-state index contributed by atoms with van der Waals surface area (Å²) in [4.78, 5) is 0. The molecule has 0 aliphatic heterocycles. The summed E-state index contributed by atoms with van der Waals surface area (Å²) in [6.45, 7) is 2.90. The van der Waals surface area contributed by atoms with Crippen molar-refractivity contribution >= 4 is 0 Å². The predicted molar refractivity (Wildman–Crippen MR) is 59.6 cm³/mol. The molecule has 16 heavy (non-hydrogen) atoms. The van der Waals surface area contributed by atoms with Crippen molar-refractivity contribution in [2.75, 3.05) is 0 Å². The quantitative estimate of drug-likeness (QED) is 0.863. The smallest absolute Gasteiger partial charge is 0.127 e. The maximum Gasteiger partial charge on any atom is 0.127 e. The van der Waals surface area contributed by atoms with Crippen LogP contribution in [0.15, 0.2) is 30.6 Å². The average molecular weight is 220 g/mol. The molecular weight excluding hydrogens is 207 g/mol. The van der Waals surface area contributed by atoms with E-state index in [0.717, 1.165) is 24.6 Å². The van der Waals surface area contributed by atoms with Gasteiger partial charge in [0.25, 0.3) is 0 Å². The molecule has 84 valence electrons. The van der Waals surface area contributed by atoms with E-state index >= 15 is 0 Å². The third-order valence-corrected chi connectivity index (χ3v) is 2.30. The molecule has 0 unspecified atom stereocenters. The van der Waals surface area contributed by atoms with Gasteiger partial charge in [0, 0.05) is 24.4 Å². The zero-order valence-corrected chi connectivity index (χ0v) is 9.02. The fraction of sp³-hybridized carbons (Fsp3) is 0.250. The summed E-state index contributed by atoms with van der Waals surface area (Å²) in [5, 5.41) is 13.5. The lowest BCUT2D eigenvalue weighted by Crippen LogP contribution is -1.95. The predicted octanol–water partition coefficient (Wildman–Crippen LogP) is 2.80. The van der Waals surface area contributed by atoms with Crippen molar-refractivity contribution in [1.82, 2.24) is 9.78 Å². The van der Waals surface area contributed by atoms with Crippen LogP contribution in [-0.2, 0) is 6.54 Å². The fourth-order valence-corrected chi connectivity index (χ4v) is 1.60. The lowest BCUT2D eigenvalue weighted by Gasteiger charge is -1.99. The van der Waals surface area contributed by atoms with Gasteiger partial charge in [0.15, 0.2) is 0 Å². The normalized spacial score (nSPS) is 10.6. The largest absolute Gasteiger partial charge is 0.508 e. The summed E-state index contributed by atoms with van der Waals surface area (Å²) < 4.78 is 14.9. The Kier molecular flexibility index (Phi) is 2.90. The van der Waals surface area contributed by atoms with Crippen molar-refractivity contribution in [1.29, 1.82) is 0 Å². The summed E-state index contributed by atoms with van der Waals surface area (Å²) in [6, 6.07) is 3.99. The van der Waals surface area contributed by atoms with E-state index in [1.807, 2.05) is 6.20 Å². The molecular formula is C12H13FN2O. The fourth-order valence-electron chi connectivity index (χ4n) is 1.60. The molecule has 0 saturated carbocycles. The van der Waals surface area contributed by atoms with E-state index in [9.17, 15) is 9.50 Å². The maximum atomic E-state index is 13.1. The standard InChI is InChI=1S/C12H13FN2O/c1-2-3-15-8-10(7-14-15)9-4-11(13)6-12(16)5-9/h4-8,16H,2-3H2,1H3. The highest BCUT2D eigenvalue weighted by molar-refractivity contribution is 5.63. The third-order valence-electron chi connectivity index (χ3n) is 2.30. The van der Waals surface area contributed by atoms with Gasteiger partial charge in [0.05, 0.1) is 6.20 Å². The van der Waals surface area contributed by atoms with E-state index in [1.165, 1.54) is 12.1 Å². The van der Waals surface area contributed by atoms with Gasteiger partial charge in [0.2, 0.25) is 0 Å². The molecule has 1 aromatic carbocycles. The topological polar surface area (TPSA) is 38.0 Å². The summed E-state index contributed by atoms with van der Waals surface area (Å²) >= 11 is 0. The molecule has 0 radical (unpaired) electrons. The Bertz CT molecular complexity index is 473. The molecule has 0 atom stereocenters. The molecule has 0 aliphatic carbocycles. The molecule has 1 aromatic heterocycles. The maximum absolute atomic E-state index is 13.1. The van der Waals surface area contributed by atoms with E-state index < -0.39 is 5.82 Å². The number of hydrogen-bond donors (Lipinski definition) is 1. The number of hydrogen-bond acceptors (Lipinski definition) is 2. The molecule has 1 N–H and O–H groups in total. The average Bonchev–Trinajstić information content (AvgIpc) is 2.65. The Morgan fingerprint density at radius 3 is 2.81 bits per heavy atom. The number of phenolic OH excluding ortho intramolecular Hbond substituents is 1. The monoisotopic (exact) mass is 220 g/mol. The highest BCUT2D eigenvalue weighted by atomic mass is 19.1. The second kappa shape index (κ2) is 4.35. The molecule has 3 nitrogen and oxygen atoms in total. The van der Waals surface area contributed by atoms with Gasteiger partial charge in [-0.25, -0.2) is 4.39 Å². The Hall–Kier alpha value is -1.84. The Morgan fingerprint density at radius 2 is 2.12 bits per heavy atom. The van der Waals surface area contributed by atoms with Crippen LogP contribution in [0.25, 0.3) is 11.1 Å². The highest BCUT2D eigenvalue weighted by Crippen LogP contribution is 2.24. The van der Waals surface area contributed by atoms with E-state index in [-0.39, 0.29) is 5.75 Å². The van der Waals surface area contributed by atoms with Crippen molar-refractivity contribution in [2.45, 2.75) is 19.9 Å². The van der Waals surface area contributed by atoms with Gasteiger partial charge >= 0.3 is 0 Å². The second-order valence-electron chi connectivity index (χ2n) is 3.69. The lowest BCUT2D eigenvalue weighted by atomic mass is 10.1. The van der Waals surface area contributed by atoms with E-state index in [1.54, 1.807) is 10.9 Å². The SMILES string of the molecule is CCCn1cc(-c2cc(O)cc(F)c2)cn1. The van der Waals surface area contributed by atoms with Crippen LogP contribution in [0.1, 0.15) is 13.3 Å². The van der Waals surface area contributed by atoms with E-state index in [0.29, 0.717) is 5.56 Å². The molecule has 2 aromatic rings. The Morgan fingerprint density at radius 1 is 1.31 bits per heavy atom. The van der Waals surface area contributed by atoms with E-state index in [4.69, 9.17) is 0 Å². The first-order valence-electron chi connectivity index (χ1n) is 5.21. The minimum absolute atomic E-state index is 0.0711. The molecule has 0 amide bonds. The van der Waals surface area contributed by atoms with Crippen LogP contribution in [0.5, 0.6) is 5.75 Å². The number of aromatic hydroxyl groups is 1. The van der Waals surface area contributed by atoms with Crippen LogP contribution in [-0.4, -0.2) is 14.9 Å². The van der Waals surface area contributed by atoms with Gasteiger partial charge in [-0.05, 0) is 24.1 Å². The number of halogens is 1. The van der Waals surface area contributed by atoms with Crippen molar-refractivity contribution in [3.8, 4) is 16.9 Å². The molecule has 1 heterocycles. The number of nitrogens with zero attached hydrogens (tertiary/aromatic N) is 2. The first-order valence-corrected chi connectivity index (χ1v) is 5.21. The van der Waals surface area contributed by atoms with Gasteiger partial charge in [-0.3, -0.25) is 4.68 Å². The number of rotatable bonds is 3. The van der Waals surface area contributed by atoms with Crippen molar-refractivity contribution in [3.05, 3.63) is 36.4 Å². The van der Waals surface area contributed by atoms with Crippen molar-refractivity contribution in [2.24, 2.45) is 0 Å². The van der Waals surface area contributed by atoms with Gasteiger partial charge in [-0.1, -0.05) is 6.92 Å². The van der Waals surface area contributed by atoms with Crippen LogP contribution >= 0.6 is 0 Å². The number of benzene rings is 1. The van der Waals surface area contributed by atoms with Crippen molar-refractivity contribution < 1.29 is 9.50 Å². The van der Waals surface area contributed by atoms with Crippen LogP contribution in [0.3, 0.4) is 0 Å². The Balaban J connectivity index is 2.34. The van der Waals surface area contributed by atoms with E-state index in [2.05, 4.69) is 12.0 Å². The van der Waals surface area contributed by atoms with Crippen LogP contribution in [0.4, 0.5) is 4.39 Å². The number of phenols is 1. The molecule has 0 spiro atoms. The summed E-state index contributed by atoms with van der Waals surface area (Å²) in [5.74, 6) is -0.517. The number of aryl methyl sites for hydroxylation is 1. The lowest BCUT2D eigenvalue weighted by molar-refractivity contribution is 0.469. The molecule has 0 saturated heterocycles. The van der Waals surface area contributed by atoms with Crippen LogP contribution in [0.2, 0.25) is 0 Å².